The second-order valence-corrected chi connectivity index (χ2v) is 4.49. The predicted octanol–water partition coefficient (Wildman–Crippen LogP) is 2.39. The number of benzene rings is 1. The van der Waals surface area contributed by atoms with Gasteiger partial charge in [0.25, 0.3) is 0 Å². The van der Waals surface area contributed by atoms with Crippen molar-refractivity contribution in [1.29, 1.82) is 0 Å². The van der Waals surface area contributed by atoms with Gasteiger partial charge in [0.1, 0.15) is 17.1 Å². The van der Waals surface area contributed by atoms with Crippen molar-refractivity contribution in [1.82, 2.24) is 0 Å². The maximum atomic E-state index is 12.1. The minimum absolute atomic E-state index is 0.0586. The first-order chi connectivity index (χ1) is 8.97. The van der Waals surface area contributed by atoms with Crippen molar-refractivity contribution in [2.75, 3.05) is 0 Å². The topological polar surface area (TPSA) is 67.5 Å². The fourth-order valence-electron chi connectivity index (χ4n) is 1.95. The van der Waals surface area contributed by atoms with Crippen LogP contribution in [0.5, 0.6) is 5.75 Å². The Morgan fingerprint density at radius 2 is 2.00 bits per heavy atom. The Bertz CT molecular complexity index is 683. The summed E-state index contributed by atoms with van der Waals surface area (Å²) in [6, 6.07) is 8.70. The van der Waals surface area contributed by atoms with Crippen LogP contribution in [0.1, 0.15) is 27.2 Å². The van der Waals surface area contributed by atoms with E-state index in [9.17, 15) is 14.7 Å². The molecule has 1 N–H and O–H groups in total. The summed E-state index contributed by atoms with van der Waals surface area (Å²) in [6.07, 6.45) is 0.0586. The van der Waals surface area contributed by atoms with Crippen molar-refractivity contribution in [3.05, 3.63) is 63.2 Å². The van der Waals surface area contributed by atoms with Crippen LogP contribution in [0.3, 0.4) is 0 Å². The largest absolute Gasteiger partial charge is 0.507 e. The fourth-order valence-corrected chi connectivity index (χ4v) is 1.95. The molecule has 0 atom stereocenters. The van der Waals surface area contributed by atoms with Crippen LogP contribution in [0.4, 0.5) is 0 Å². The highest BCUT2D eigenvalue weighted by atomic mass is 16.4. The molecular weight excluding hydrogens is 244 g/mol. The van der Waals surface area contributed by atoms with E-state index in [2.05, 4.69) is 0 Å². The summed E-state index contributed by atoms with van der Waals surface area (Å²) in [5.74, 6) is -0.502. The molecule has 0 fully saturated rings. The average molecular weight is 258 g/mol. The first-order valence-electron chi connectivity index (χ1n) is 5.90. The van der Waals surface area contributed by atoms with Gasteiger partial charge in [-0.2, -0.15) is 0 Å². The van der Waals surface area contributed by atoms with E-state index in [0.29, 0.717) is 0 Å². The predicted molar refractivity (Wildman–Crippen MR) is 70.6 cm³/mol. The summed E-state index contributed by atoms with van der Waals surface area (Å²) >= 11 is 0. The van der Waals surface area contributed by atoms with E-state index in [4.69, 9.17) is 4.42 Å². The first kappa shape index (κ1) is 13.1. The molecule has 0 saturated carbocycles. The van der Waals surface area contributed by atoms with Crippen molar-refractivity contribution < 1.29 is 14.3 Å². The summed E-state index contributed by atoms with van der Waals surface area (Å²) in [4.78, 5) is 23.7. The molecule has 2 aromatic rings. The molecule has 1 aromatic heterocycles. The maximum absolute atomic E-state index is 12.1. The normalized spacial score (nSPS) is 10.4. The third-order valence-corrected chi connectivity index (χ3v) is 2.78. The van der Waals surface area contributed by atoms with Crippen molar-refractivity contribution in [3.8, 4) is 5.75 Å². The SMILES string of the molecule is Cc1cccc(CC(=O)c2c(O)cc(C)oc2=O)c1. The lowest BCUT2D eigenvalue weighted by molar-refractivity contribution is 0.0986. The number of Topliss-reactive ketones (excluding diaryl/α,β-unsaturated/α-hetero) is 1. The summed E-state index contributed by atoms with van der Waals surface area (Å²) in [5.41, 5.74) is 0.747. The van der Waals surface area contributed by atoms with Gasteiger partial charge in [-0.3, -0.25) is 4.79 Å². The Morgan fingerprint density at radius 3 is 2.63 bits per heavy atom. The van der Waals surface area contributed by atoms with Crippen LogP contribution in [0.2, 0.25) is 0 Å². The number of hydrogen-bond acceptors (Lipinski definition) is 4. The first-order valence-corrected chi connectivity index (χ1v) is 5.90. The van der Waals surface area contributed by atoms with Crippen LogP contribution >= 0.6 is 0 Å². The van der Waals surface area contributed by atoms with Crippen molar-refractivity contribution in [2.45, 2.75) is 20.3 Å². The molecule has 0 saturated heterocycles. The monoisotopic (exact) mass is 258 g/mol. The molecule has 0 bridgehead atoms. The van der Waals surface area contributed by atoms with Gasteiger partial charge in [0, 0.05) is 12.5 Å². The van der Waals surface area contributed by atoms with Crippen LogP contribution in [0.25, 0.3) is 0 Å². The van der Waals surface area contributed by atoms with Crippen molar-refractivity contribution >= 4 is 5.78 Å². The third-order valence-electron chi connectivity index (χ3n) is 2.78. The lowest BCUT2D eigenvalue weighted by Gasteiger charge is -2.04. The van der Waals surface area contributed by atoms with Gasteiger partial charge in [0.2, 0.25) is 0 Å². The van der Waals surface area contributed by atoms with Crippen molar-refractivity contribution in [2.24, 2.45) is 0 Å². The molecule has 0 amide bonds. The van der Waals surface area contributed by atoms with Gasteiger partial charge in [0.05, 0.1) is 0 Å². The number of aryl methyl sites for hydroxylation is 2. The highest BCUT2D eigenvalue weighted by molar-refractivity contribution is 5.99. The summed E-state index contributed by atoms with van der Waals surface area (Å²) in [7, 11) is 0. The molecule has 19 heavy (non-hydrogen) atoms. The van der Waals surface area contributed by atoms with E-state index in [1.54, 1.807) is 6.07 Å². The van der Waals surface area contributed by atoms with Crippen LogP contribution in [0, 0.1) is 13.8 Å². The van der Waals surface area contributed by atoms with E-state index in [1.807, 2.05) is 25.1 Å². The number of aromatic hydroxyl groups is 1. The van der Waals surface area contributed by atoms with Gasteiger partial charge >= 0.3 is 5.63 Å². The number of hydrogen-bond donors (Lipinski definition) is 1. The molecule has 0 aliphatic heterocycles. The highest BCUT2D eigenvalue weighted by Crippen LogP contribution is 2.17. The minimum Gasteiger partial charge on any atom is -0.507 e. The van der Waals surface area contributed by atoms with Gasteiger partial charge in [-0.25, -0.2) is 4.79 Å². The molecule has 0 unspecified atom stereocenters. The average Bonchev–Trinajstić information content (AvgIpc) is 2.27. The van der Waals surface area contributed by atoms with Gasteiger partial charge in [-0.05, 0) is 19.4 Å². The molecule has 4 nitrogen and oxygen atoms in total. The van der Waals surface area contributed by atoms with Crippen molar-refractivity contribution in [3.63, 3.8) is 0 Å². The number of carbonyl (C=O) groups excluding carboxylic acids is 1. The second-order valence-electron chi connectivity index (χ2n) is 4.49. The highest BCUT2D eigenvalue weighted by Gasteiger charge is 2.18. The molecule has 0 spiro atoms. The Labute approximate surface area is 110 Å². The Hall–Kier alpha value is -2.36. The van der Waals surface area contributed by atoms with E-state index < -0.39 is 11.4 Å². The Balaban J connectivity index is 2.33. The maximum Gasteiger partial charge on any atom is 0.350 e. The molecule has 0 aliphatic rings. The number of ketones is 1. The minimum atomic E-state index is -0.796. The molecule has 1 heterocycles. The number of carbonyl (C=O) groups is 1. The standard InChI is InChI=1S/C15H14O4/c1-9-4-3-5-11(6-9)8-13(17)14-12(16)7-10(2)19-15(14)18/h3-7,16H,8H2,1-2H3. The van der Waals surface area contributed by atoms with Crippen LogP contribution in [-0.2, 0) is 6.42 Å². The second kappa shape index (κ2) is 5.10. The molecular formula is C15H14O4. The lowest BCUT2D eigenvalue weighted by atomic mass is 10.0. The Morgan fingerprint density at radius 1 is 1.26 bits per heavy atom. The van der Waals surface area contributed by atoms with Crippen LogP contribution in [0.15, 0.2) is 39.5 Å². The summed E-state index contributed by atoms with van der Waals surface area (Å²) < 4.78 is 4.84. The zero-order valence-corrected chi connectivity index (χ0v) is 10.8. The zero-order chi connectivity index (χ0) is 14.0. The quantitative estimate of drug-likeness (QED) is 0.858. The van der Waals surface area contributed by atoms with E-state index in [-0.39, 0.29) is 23.5 Å². The molecule has 0 aliphatic carbocycles. The van der Waals surface area contributed by atoms with E-state index in [1.165, 1.54) is 13.0 Å². The lowest BCUT2D eigenvalue weighted by Crippen LogP contribution is -2.16. The molecule has 98 valence electrons. The summed E-state index contributed by atoms with van der Waals surface area (Å²) in [5, 5.41) is 9.69. The van der Waals surface area contributed by atoms with E-state index in [0.717, 1.165) is 11.1 Å². The van der Waals surface area contributed by atoms with E-state index >= 15 is 0 Å². The zero-order valence-electron chi connectivity index (χ0n) is 10.8. The molecule has 4 heteroatoms. The van der Waals surface area contributed by atoms with Gasteiger partial charge in [-0.1, -0.05) is 29.8 Å². The Kier molecular flexibility index (Phi) is 3.51. The van der Waals surface area contributed by atoms with Crippen LogP contribution < -0.4 is 5.63 Å². The van der Waals surface area contributed by atoms with Crippen LogP contribution in [-0.4, -0.2) is 10.9 Å². The number of rotatable bonds is 3. The fraction of sp³-hybridized carbons (Fsp3) is 0.200. The third kappa shape index (κ3) is 2.91. The van der Waals surface area contributed by atoms with Gasteiger partial charge in [-0.15, -0.1) is 0 Å². The smallest absolute Gasteiger partial charge is 0.350 e. The molecule has 0 radical (unpaired) electrons. The molecule has 2 rings (SSSR count). The van der Waals surface area contributed by atoms with Gasteiger partial charge < -0.3 is 9.52 Å². The molecule has 1 aromatic carbocycles. The van der Waals surface area contributed by atoms with Gasteiger partial charge in [0.15, 0.2) is 5.78 Å². The summed E-state index contributed by atoms with van der Waals surface area (Å²) in [6.45, 7) is 3.46.